The number of fused-ring (bicyclic) bond motifs is 11. The van der Waals surface area contributed by atoms with Gasteiger partial charge in [-0.3, -0.25) is 0 Å². The van der Waals surface area contributed by atoms with E-state index >= 15 is 0 Å². The average Bonchev–Trinajstić information content (AvgIpc) is 3.49. The van der Waals surface area contributed by atoms with Crippen LogP contribution in [0, 0.1) is 0 Å². The van der Waals surface area contributed by atoms with Crippen LogP contribution < -0.4 is 4.90 Å². The van der Waals surface area contributed by atoms with Crippen molar-refractivity contribution in [1.82, 2.24) is 0 Å². The summed E-state index contributed by atoms with van der Waals surface area (Å²) in [6, 6.07) is 49.7. The first-order chi connectivity index (χ1) is 22.3. The van der Waals surface area contributed by atoms with E-state index in [1.165, 1.54) is 89.9 Å². The summed E-state index contributed by atoms with van der Waals surface area (Å²) in [5.41, 5.74) is 12.5. The molecule has 1 atom stereocenters. The SMILES string of the molecule is c1ccc2c(c1)cc(-c1ccc3c(c1)CCC1CCc4cc(-c5cccc6c5oc5ccccc56)ccc4N31)c1ccccc12. The summed E-state index contributed by atoms with van der Waals surface area (Å²) in [4.78, 5) is 2.64. The van der Waals surface area contributed by atoms with Crippen LogP contribution in [0.4, 0.5) is 11.4 Å². The van der Waals surface area contributed by atoms with Crippen molar-refractivity contribution in [3.05, 3.63) is 145 Å². The molecule has 0 aliphatic carbocycles. The molecule has 0 saturated carbocycles. The topological polar surface area (TPSA) is 16.4 Å². The Bertz CT molecular complexity index is 2470. The molecule has 0 saturated heterocycles. The smallest absolute Gasteiger partial charge is 0.143 e. The highest BCUT2D eigenvalue weighted by molar-refractivity contribution is 6.14. The summed E-state index contributed by atoms with van der Waals surface area (Å²) in [7, 11) is 0. The predicted octanol–water partition coefficient (Wildman–Crippen LogP) is 11.6. The molecule has 1 unspecified atom stereocenters. The summed E-state index contributed by atoms with van der Waals surface area (Å²) in [6.45, 7) is 0. The zero-order valence-corrected chi connectivity index (χ0v) is 25.0. The van der Waals surface area contributed by atoms with Gasteiger partial charge < -0.3 is 9.32 Å². The van der Waals surface area contributed by atoms with Gasteiger partial charge in [0.1, 0.15) is 11.2 Å². The molecule has 8 aromatic rings. The van der Waals surface area contributed by atoms with Gasteiger partial charge in [0.25, 0.3) is 0 Å². The molecule has 3 heterocycles. The second-order valence-electron chi connectivity index (χ2n) is 12.8. The van der Waals surface area contributed by atoms with Crippen LogP contribution in [-0.2, 0) is 12.8 Å². The molecule has 2 nitrogen and oxygen atoms in total. The van der Waals surface area contributed by atoms with Gasteiger partial charge in [-0.1, -0.05) is 97.1 Å². The van der Waals surface area contributed by atoms with Crippen molar-refractivity contribution in [2.45, 2.75) is 31.7 Å². The van der Waals surface area contributed by atoms with Crippen molar-refractivity contribution in [2.24, 2.45) is 0 Å². The molecule has 7 aromatic carbocycles. The Morgan fingerprint density at radius 2 is 1.11 bits per heavy atom. The van der Waals surface area contributed by atoms with Gasteiger partial charge in [0, 0.05) is 33.8 Å². The van der Waals surface area contributed by atoms with Crippen LogP contribution >= 0.6 is 0 Å². The zero-order valence-electron chi connectivity index (χ0n) is 25.0. The molecule has 1 aromatic heterocycles. The van der Waals surface area contributed by atoms with Crippen LogP contribution in [0.2, 0.25) is 0 Å². The molecule has 2 heteroatoms. The van der Waals surface area contributed by atoms with Gasteiger partial charge in [0.2, 0.25) is 0 Å². The molecule has 10 rings (SSSR count). The molecule has 45 heavy (non-hydrogen) atoms. The number of rotatable bonds is 2. The van der Waals surface area contributed by atoms with E-state index < -0.39 is 0 Å². The van der Waals surface area contributed by atoms with E-state index in [1.807, 2.05) is 6.07 Å². The Balaban J connectivity index is 1.07. The van der Waals surface area contributed by atoms with E-state index in [1.54, 1.807) is 0 Å². The molecular formula is C43H31NO. The maximum Gasteiger partial charge on any atom is 0.143 e. The van der Waals surface area contributed by atoms with E-state index in [0.29, 0.717) is 6.04 Å². The van der Waals surface area contributed by atoms with Crippen LogP contribution in [0.1, 0.15) is 24.0 Å². The third-order valence-corrected chi connectivity index (χ3v) is 10.3. The minimum Gasteiger partial charge on any atom is -0.455 e. The van der Waals surface area contributed by atoms with Gasteiger partial charge in [-0.2, -0.15) is 0 Å². The van der Waals surface area contributed by atoms with Crippen molar-refractivity contribution in [2.75, 3.05) is 4.90 Å². The summed E-state index contributed by atoms with van der Waals surface area (Å²) in [5.74, 6) is 0. The molecule has 0 amide bonds. The van der Waals surface area contributed by atoms with Gasteiger partial charge in [0.15, 0.2) is 0 Å². The highest BCUT2D eigenvalue weighted by Crippen LogP contribution is 2.46. The molecular weight excluding hydrogens is 546 g/mol. The third-order valence-electron chi connectivity index (χ3n) is 10.3. The van der Waals surface area contributed by atoms with Crippen molar-refractivity contribution >= 4 is 54.9 Å². The summed E-state index contributed by atoms with van der Waals surface area (Å²) in [5, 5.41) is 7.61. The average molecular weight is 578 g/mol. The van der Waals surface area contributed by atoms with E-state index in [4.69, 9.17) is 4.42 Å². The number of hydrogen-bond donors (Lipinski definition) is 0. The second kappa shape index (κ2) is 9.58. The Labute approximate surface area is 262 Å². The number of hydrogen-bond acceptors (Lipinski definition) is 2. The van der Waals surface area contributed by atoms with Crippen molar-refractivity contribution in [1.29, 1.82) is 0 Å². The number of nitrogens with zero attached hydrogens (tertiary/aromatic N) is 1. The normalized spacial score (nSPS) is 15.8. The number of furan rings is 1. The lowest BCUT2D eigenvalue weighted by atomic mass is 9.84. The van der Waals surface area contributed by atoms with Gasteiger partial charge >= 0.3 is 0 Å². The fourth-order valence-corrected chi connectivity index (χ4v) is 8.21. The van der Waals surface area contributed by atoms with E-state index in [0.717, 1.165) is 24.0 Å². The molecule has 2 aliphatic heterocycles. The molecule has 0 bridgehead atoms. The molecule has 0 spiro atoms. The van der Waals surface area contributed by atoms with Crippen molar-refractivity contribution in [3.8, 4) is 22.3 Å². The number of para-hydroxylation sites is 2. The molecule has 2 aliphatic rings. The number of aryl methyl sites for hydroxylation is 2. The van der Waals surface area contributed by atoms with Crippen molar-refractivity contribution < 1.29 is 4.42 Å². The van der Waals surface area contributed by atoms with Crippen LogP contribution in [0.5, 0.6) is 0 Å². The molecule has 0 radical (unpaired) electrons. The lowest BCUT2D eigenvalue weighted by Crippen LogP contribution is -2.39. The highest BCUT2D eigenvalue weighted by atomic mass is 16.3. The second-order valence-corrected chi connectivity index (χ2v) is 12.8. The first-order valence-electron chi connectivity index (χ1n) is 16.2. The Kier molecular flexibility index (Phi) is 5.33. The molecule has 0 N–H and O–H groups in total. The van der Waals surface area contributed by atoms with Crippen LogP contribution in [0.3, 0.4) is 0 Å². The monoisotopic (exact) mass is 577 g/mol. The fourth-order valence-electron chi connectivity index (χ4n) is 8.21. The minimum absolute atomic E-state index is 0.544. The van der Waals surface area contributed by atoms with Crippen LogP contribution in [-0.4, -0.2) is 6.04 Å². The lowest BCUT2D eigenvalue weighted by Gasteiger charge is -2.43. The quantitative estimate of drug-likeness (QED) is 0.190. The van der Waals surface area contributed by atoms with Crippen molar-refractivity contribution in [3.63, 3.8) is 0 Å². The van der Waals surface area contributed by atoms with Gasteiger partial charge in [-0.15, -0.1) is 0 Å². The summed E-state index contributed by atoms with van der Waals surface area (Å²) >= 11 is 0. The number of benzene rings is 7. The standard InChI is InChI=1S/C43H31NO/c1-2-9-33-27(8-1)26-39(36-11-4-3-10-35(33)36)29-19-23-41-31(25-29)17-21-32-20-16-30-24-28(18-22-40(30)44(32)41)34-13-7-14-38-37-12-5-6-15-42(37)45-43(34)38/h1-15,18-19,22-26,32H,16-17,20-21H2. The van der Waals surface area contributed by atoms with Crippen LogP contribution in [0.15, 0.2) is 138 Å². The van der Waals surface area contributed by atoms with Gasteiger partial charge in [-0.25, -0.2) is 0 Å². The van der Waals surface area contributed by atoms with E-state index in [-0.39, 0.29) is 0 Å². The highest BCUT2D eigenvalue weighted by Gasteiger charge is 2.32. The first kappa shape index (κ1) is 25.0. The summed E-state index contributed by atoms with van der Waals surface area (Å²) < 4.78 is 6.40. The van der Waals surface area contributed by atoms with E-state index in [9.17, 15) is 0 Å². The lowest BCUT2D eigenvalue weighted by molar-refractivity contribution is 0.518. The third kappa shape index (κ3) is 3.75. The molecule has 214 valence electrons. The van der Waals surface area contributed by atoms with E-state index in [2.05, 4.69) is 132 Å². The maximum absolute atomic E-state index is 6.40. The largest absolute Gasteiger partial charge is 0.455 e. The Morgan fingerprint density at radius 3 is 1.89 bits per heavy atom. The minimum atomic E-state index is 0.544. The fraction of sp³-hybridized carbons (Fsp3) is 0.116. The van der Waals surface area contributed by atoms with Gasteiger partial charge in [0.05, 0.1) is 0 Å². The number of anilines is 2. The molecule has 0 fully saturated rings. The predicted molar refractivity (Wildman–Crippen MR) is 189 cm³/mol. The maximum atomic E-state index is 6.40. The zero-order chi connectivity index (χ0) is 29.5. The van der Waals surface area contributed by atoms with Crippen LogP contribution in [0.25, 0.3) is 65.7 Å². The Morgan fingerprint density at radius 1 is 0.489 bits per heavy atom. The van der Waals surface area contributed by atoms with Gasteiger partial charge in [-0.05, 0) is 111 Å². The Hall–Kier alpha value is -5.34. The summed E-state index contributed by atoms with van der Waals surface area (Å²) in [6.07, 6.45) is 4.60. The first-order valence-corrected chi connectivity index (χ1v) is 16.2.